The molecule has 0 radical (unpaired) electrons. The number of phenolic OH excluding ortho intramolecular Hbond substituents is 1. The second-order valence-corrected chi connectivity index (χ2v) is 15.8. The van der Waals surface area contributed by atoms with E-state index in [1.165, 1.54) is 13.2 Å². The van der Waals surface area contributed by atoms with Crippen molar-refractivity contribution >= 4 is 57.2 Å². The van der Waals surface area contributed by atoms with Crippen molar-refractivity contribution in [2.45, 2.75) is 36.5 Å². The highest BCUT2D eigenvalue weighted by Gasteiger charge is 2.66. The molecule has 1 heterocycles. The molecule has 2 fully saturated rings. The molecule has 292 valence electrons. The predicted molar refractivity (Wildman–Crippen MR) is 203 cm³/mol. The van der Waals surface area contributed by atoms with Crippen LogP contribution in [0.1, 0.15) is 46.6 Å². The van der Waals surface area contributed by atoms with E-state index in [-0.39, 0.29) is 36.0 Å². The van der Waals surface area contributed by atoms with E-state index in [1.807, 2.05) is 22.6 Å². The summed E-state index contributed by atoms with van der Waals surface area (Å²) in [7, 11) is 1.35. The van der Waals surface area contributed by atoms with Crippen LogP contribution in [0.5, 0.6) is 11.5 Å². The number of methoxy groups -OCH3 is 1. The van der Waals surface area contributed by atoms with Crippen molar-refractivity contribution in [3.8, 4) is 11.5 Å². The van der Waals surface area contributed by atoms with Crippen LogP contribution >= 0.6 is 22.6 Å². The molecule has 7 nitrogen and oxygen atoms in total. The molecule has 0 bridgehead atoms. The first-order valence-corrected chi connectivity index (χ1v) is 18.9. The van der Waals surface area contributed by atoms with E-state index in [2.05, 4.69) is 0 Å². The number of hydrogen-bond donors (Lipinski definition) is 1. The van der Waals surface area contributed by atoms with E-state index in [0.717, 1.165) is 0 Å². The van der Waals surface area contributed by atoms with Gasteiger partial charge in [-0.25, -0.2) is 4.90 Å². The molecule has 4 aliphatic rings. The summed E-state index contributed by atoms with van der Waals surface area (Å²) < 4.78 is 89.6. The second kappa shape index (κ2) is 13.7. The van der Waals surface area contributed by atoms with Gasteiger partial charge in [0, 0.05) is 17.4 Å². The fourth-order valence-corrected chi connectivity index (χ4v) is 10.1. The molecule has 0 aromatic heterocycles. The summed E-state index contributed by atoms with van der Waals surface area (Å²) in [6.45, 7) is 0. The Hall–Kier alpha value is -5.25. The molecule has 57 heavy (non-hydrogen) atoms. The summed E-state index contributed by atoms with van der Waals surface area (Å²) in [6, 6.07) is 21.0. The summed E-state index contributed by atoms with van der Waals surface area (Å²) in [5.41, 5.74) is -3.84. The fourth-order valence-electron chi connectivity index (χ4n) is 9.49. The van der Waals surface area contributed by atoms with Gasteiger partial charge in [-0.05, 0) is 94.4 Å². The topological polar surface area (TPSA) is 101 Å². The monoisotopic (exact) mass is 897 g/mol. The van der Waals surface area contributed by atoms with Crippen molar-refractivity contribution in [3.63, 3.8) is 0 Å². The minimum Gasteiger partial charge on any atom is -0.504 e. The Morgan fingerprint density at radius 2 is 1.42 bits per heavy atom. The highest BCUT2D eigenvalue weighted by molar-refractivity contribution is 14.1. The minimum atomic E-state index is -5.23. The van der Waals surface area contributed by atoms with E-state index in [4.69, 9.17) is 4.74 Å². The first kappa shape index (κ1) is 38.6. The number of fused-ring (bicyclic) bond motifs is 4. The number of ketones is 2. The molecular weight excluding hydrogens is 867 g/mol. The van der Waals surface area contributed by atoms with Crippen molar-refractivity contribution in [2.24, 2.45) is 23.7 Å². The number of rotatable bonds is 5. The van der Waals surface area contributed by atoms with Crippen LogP contribution in [0.3, 0.4) is 0 Å². The van der Waals surface area contributed by atoms with Crippen LogP contribution in [0.2, 0.25) is 0 Å². The average Bonchev–Trinajstić information content (AvgIpc) is 3.44. The van der Waals surface area contributed by atoms with Crippen LogP contribution in [0.25, 0.3) is 5.57 Å². The normalized spacial score (nSPS) is 26.0. The maximum atomic E-state index is 15.2. The largest absolute Gasteiger partial charge is 0.504 e. The lowest BCUT2D eigenvalue weighted by molar-refractivity contribution is -0.143. The number of ether oxygens (including phenoxy) is 1. The Labute approximate surface area is 335 Å². The Balaban J connectivity index is 1.35. The zero-order valence-corrected chi connectivity index (χ0v) is 31.9. The quantitative estimate of drug-likeness (QED) is 0.0930. The number of halogens is 7. The zero-order chi connectivity index (χ0) is 40.8. The number of benzene rings is 4. The molecule has 1 saturated carbocycles. The van der Waals surface area contributed by atoms with Gasteiger partial charge in [-0.3, -0.25) is 19.2 Å². The fraction of sp³-hybridized carbons (Fsp3) is 0.256. The molecule has 8 rings (SSSR count). The Morgan fingerprint density at radius 3 is 2.02 bits per heavy atom. The van der Waals surface area contributed by atoms with Gasteiger partial charge in [0.2, 0.25) is 11.8 Å². The van der Waals surface area contributed by atoms with Gasteiger partial charge in [0.25, 0.3) is 0 Å². The Kier molecular flexibility index (Phi) is 9.28. The van der Waals surface area contributed by atoms with Crippen LogP contribution in [0.15, 0.2) is 109 Å². The van der Waals surface area contributed by atoms with Gasteiger partial charge >= 0.3 is 12.4 Å². The highest BCUT2D eigenvalue weighted by atomic mass is 127. The van der Waals surface area contributed by atoms with Gasteiger partial charge < -0.3 is 9.84 Å². The number of carbonyl (C=O) groups excluding carboxylic acids is 4. The maximum Gasteiger partial charge on any atom is 0.416 e. The number of allylic oxidation sites excluding steroid dienone is 4. The number of carbonyl (C=O) groups is 4. The summed E-state index contributed by atoms with van der Waals surface area (Å²) in [5, 5.41) is 10.9. The molecule has 4 aromatic carbocycles. The van der Waals surface area contributed by atoms with Crippen molar-refractivity contribution in [1.29, 1.82) is 0 Å². The molecule has 1 aliphatic heterocycles. The summed E-state index contributed by atoms with van der Waals surface area (Å²) in [6.07, 6.45) is -7.71. The Bertz CT molecular complexity index is 2400. The van der Waals surface area contributed by atoms with Gasteiger partial charge in [-0.1, -0.05) is 72.3 Å². The number of Topliss-reactive ketones (excluding diaryl/α,β-unsaturated/α-hetero) is 1. The molecule has 6 unspecified atom stereocenters. The molecule has 14 heteroatoms. The van der Waals surface area contributed by atoms with Crippen LogP contribution in [-0.2, 0) is 36.9 Å². The molecule has 1 saturated heterocycles. The van der Waals surface area contributed by atoms with Crippen LogP contribution < -0.4 is 9.64 Å². The van der Waals surface area contributed by atoms with E-state index >= 15 is 9.59 Å². The number of anilines is 1. The van der Waals surface area contributed by atoms with Crippen molar-refractivity contribution in [1.82, 2.24) is 0 Å². The molecular formula is C43H30F6INO6. The van der Waals surface area contributed by atoms with Gasteiger partial charge in [-0.15, -0.1) is 0 Å². The van der Waals surface area contributed by atoms with E-state index < -0.39 is 87.6 Å². The van der Waals surface area contributed by atoms with E-state index in [1.54, 1.807) is 78.9 Å². The third-order valence-corrected chi connectivity index (χ3v) is 12.6. The standard InChI is InChI=1S/C43H30F6INO6/c1-57-33-15-22(14-32(50)38(33)54)36-27-12-13-28-35(40(56)51(39(28)55)26-17-24(42(44,45)46)16-25(18-26)43(47,48)49)30(27)19-31-37(53)29(21-8-4-2-5-9-21)20-34(52)41(31,36)23-10-6-3-7-11-23/h2-12,14-18,20,28,30-31,35-36,54H,13,19H2,1H3. The molecule has 2 amide bonds. The molecule has 6 atom stereocenters. The van der Waals surface area contributed by atoms with E-state index in [0.29, 0.717) is 42.9 Å². The lowest BCUT2D eigenvalue weighted by Gasteiger charge is -2.55. The summed E-state index contributed by atoms with van der Waals surface area (Å²) in [4.78, 5) is 59.4. The van der Waals surface area contributed by atoms with Gasteiger partial charge in [-0.2, -0.15) is 26.3 Å². The SMILES string of the molecule is COc1cc(C2C3=CCC4C(=O)N(c5cc(C(F)(F)F)cc(C(F)(F)F)c5)C(=O)C4C3CC3C(=O)C(c4ccccc4)=CC(=O)C32c2ccccc2)cc(I)c1O. The van der Waals surface area contributed by atoms with Crippen molar-refractivity contribution in [3.05, 3.63) is 140 Å². The number of aromatic hydroxyl groups is 1. The van der Waals surface area contributed by atoms with Crippen molar-refractivity contribution in [2.75, 3.05) is 12.0 Å². The number of alkyl halides is 6. The van der Waals surface area contributed by atoms with E-state index in [9.17, 15) is 41.0 Å². The highest BCUT2D eigenvalue weighted by Crippen LogP contribution is 2.64. The molecule has 1 N–H and O–H groups in total. The lowest BCUT2D eigenvalue weighted by atomic mass is 9.44. The minimum absolute atomic E-state index is 0.0616. The molecule has 3 aliphatic carbocycles. The van der Waals surface area contributed by atoms with Gasteiger partial charge in [0.05, 0.1) is 44.7 Å². The Morgan fingerprint density at radius 1 is 0.807 bits per heavy atom. The van der Waals surface area contributed by atoms with Crippen molar-refractivity contribution < 1.29 is 55.4 Å². The summed E-state index contributed by atoms with van der Waals surface area (Å²) >= 11 is 1.91. The first-order chi connectivity index (χ1) is 27.0. The zero-order valence-electron chi connectivity index (χ0n) is 29.7. The molecule has 0 spiro atoms. The number of amides is 2. The predicted octanol–water partition coefficient (Wildman–Crippen LogP) is 9.07. The molecule has 4 aromatic rings. The first-order valence-electron chi connectivity index (χ1n) is 17.8. The third kappa shape index (κ3) is 6.00. The summed E-state index contributed by atoms with van der Waals surface area (Å²) in [5.74, 6) is -8.56. The number of phenols is 1. The maximum absolute atomic E-state index is 15.2. The number of nitrogens with zero attached hydrogens (tertiary/aromatic N) is 1. The number of hydrogen-bond acceptors (Lipinski definition) is 6. The van der Waals surface area contributed by atoms with Crippen LogP contribution in [-0.4, -0.2) is 35.6 Å². The number of imide groups is 1. The van der Waals surface area contributed by atoms with Gasteiger partial charge in [0.1, 0.15) is 0 Å². The second-order valence-electron chi connectivity index (χ2n) is 14.6. The lowest BCUT2D eigenvalue weighted by Crippen LogP contribution is -2.58. The van der Waals surface area contributed by atoms with Crippen LogP contribution in [0.4, 0.5) is 32.0 Å². The van der Waals surface area contributed by atoms with Crippen LogP contribution in [0, 0.1) is 27.2 Å². The smallest absolute Gasteiger partial charge is 0.416 e. The third-order valence-electron chi connectivity index (χ3n) is 11.8. The average molecular weight is 898 g/mol. The van der Waals surface area contributed by atoms with Gasteiger partial charge in [0.15, 0.2) is 23.1 Å².